The first-order valence-corrected chi connectivity index (χ1v) is 15.5. The molecule has 0 N–H and O–H groups in total. The number of hydrogen-bond acceptors (Lipinski definition) is 5. The summed E-state index contributed by atoms with van der Waals surface area (Å²) in [4.78, 5) is 18.6. The van der Waals surface area contributed by atoms with Crippen molar-refractivity contribution in [1.82, 2.24) is 9.47 Å². The first-order chi connectivity index (χ1) is 20.8. The molecule has 0 fully saturated rings. The lowest BCUT2D eigenvalue weighted by molar-refractivity contribution is 0.0285. The number of benzene rings is 3. The molecule has 0 radical (unpaired) electrons. The van der Waals surface area contributed by atoms with Gasteiger partial charge in [-0.25, -0.2) is 4.39 Å². The van der Waals surface area contributed by atoms with Crippen molar-refractivity contribution >= 4 is 21.6 Å². The number of para-hydroxylation sites is 1. The molecule has 0 amide bonds. The number of hydrogen-bond donors (Lipinski definition) is 0. The Hall–Kier alpha value is -3.78. The molecule has 5 nitrogen and oxygen atoms in total. The molecule has 43 heavy (non-hydrogen) atoms. The van der Waals surface area contributed by atoms with Gasteiger partial charge in [0.2, 0.25) is 0 Å². The fourth-order valence-corrected chi connectivity index (χ4v) is 7.00. The van der Waals surface area contributed by atoms with E-state index in [0.717, 1.165) is 33.1 Å². The highest BCUT2D eigenvalue weighted by Crippen LogP contribution is 2.43. The molecule has 5 rings (SSSR count). The largest absolute Gasteiger partial charge is 0.496 e. The van der Waals surface area contributed by atoms with E-state index in [0.29, 0.717) is 36.2 Å². The van der Waals surface area contributed by atoms with Gasteiger partial charge in [0.1, 0.15) is 16.4 Å². The highest BCUT2D eigenvalue weighted by atomic mass is 32.1. The van der Waals surface area contributed by atoms with E-state index < -0.39 is 6.10 Å². The number of ether oxygens (including phenoxy) is 2. The lowest BCUT2D eigenvalue weighted by Crippen LogP contribution is -2.24. The second kappa shape index (κ2) is 13.7. The van der Waals surface area contributed by atoms with Crippen molar-refractivity contribution in [3.05, 3.63) is 123 Å². The zero-order valence-electron chi connectivity index (χ0n) is 25.5. The standard InChI is InChI=1S/C36H39FN2O3S/c1-6-42-34(24(2)3)29-23-39(21-26-16-10-12-18-30(26)37)36-32(33(29)40)28(22-38(4)20-25-14-8-7-9-15-25)35(43-36)27-17-11-13-19-31(27)41-5/h7-19,23-24,34H,6,20-22H2,1-5H3. The van der Waals surface area contributed by atoms with Crippen LogP contribution in [0.15, 0.2) is 89.9 Å². The van der Waals surface area contributed by atoms with Gasteiger partial charge in [-0.05, 0) is 49.2 Å². The third-order valence-corrected chi connectivity index (χ3v) is 8.97. The predicted molar refractivity (Wildman–Crippen MR) is 174 cm³/mol. The molecule has 2 aromatic heterocycles. The molecule has 7 heteroatoms. The number of nitrogens with zero attached hydrogens (tertiary/aromatic N) is 2. The van der Waals surface area contributed by atoms with Gasteiger partial charge in [-0.15, -0.1) is 11.3 Å². The summed E-state index contributed by atoms with van der Waals surface area (Å²) in [5, 5.41) is 0.657. The maximum atomic E-state index is 15.0. The van der Waals surface area contributed by atoms with Gasteiger partial charge < -0.3 is 14.0 Å². The summed E-state index contributed by atoms with van der Waals surface area (Å²) in [5.74, 6) is 0.540. The minimum atomic E-state index is -0.390. The lowest BCUT2D eigenvalue weighted by Gasteiger charge is -2.23. The Morgan fingerprint density at radius 1 is 0.953 bits per heavy atom. The summed E-state index contributed by atoms with van der Waals surface area (Å²) >= 11 is 1.56. The normalized spacial score (nSPS) is 12.4. The summed E-state index contributed by atoms with van der Waals surface area (Å²) in [7, 11) is 3.74. The average molecular weight is 599 g/mol. The van der Waals surface area contributed by atoms with E-state index in [1.54, 1.807) is 30.6 Å². The van der Waals surface area contributed by atoms with Crippen LogP contribution in [0.3, 0.4) is 0 Å². The molecule has 1 atom stereocenters. The molecule has 224 valence electrons. The van der Waals surface area contributed by atoms with Crippen LogP contribution in [0.25, 0.3) is 20.7 Å². The SMILES string of the molecule is CCOC(c1cn(Cc2ccccc2F)c2sc(-c3ccccc3OC)c(CN(C)Cc3ccccc3)c2c1=O)C(C)C. The van der Waals surface area contributed by atoms with Crippen LogP contribution in [0.5, 0.6) is 5.75 Å². The molecular formula is C36H39FN2O3S. The number of aromatic nitrogens is 1. The Balaban J connectivity index is 1.78. The van der Waals surface area contributed by atoms with Crippen LogP contribution in [0.4, 0.5) is 4.39 Å². The molecule has 0 saturated carbocycles. The smallest absolute Gasteiger partial charge is 0.196 e. The van der Waals surface area contributed by atoms with Crippen molar-refractivity contribution in [2.75, 3.05) is 20.8 Å². The highest BCUT2D eigenvalue weighted by Gasteiger charge is 2.27. The number of thiophene rings is 1. The monoisotopic (exact) mass is 598 g/mol. The Labute approximate surface area is 257 Å². The van der Waals surface area contributed by atoms with Crippen molar-refractivity contribution in [1.29, 1.82) is 0 Å². The zero-order chi connectivity index (χ0) is 30.5. The van der Waals surface area contributed by atoms with E-state index in [1.807, 2.05) is 66.2 Å². The minimum Gasteiger partial charge on any atom is -0.496 e. The molecule has 0 aliphatic carbocycles. The minimum absolute atomic E-state index is 0.0348. The second-order valence-corrected chi connectivity index (χ2v) is 12.2. The van der Waals surface area contributed by atoms with Gasteiger partial charge in [0.05, 0.1) is 25.1 Å². The van der Waals surface area contributed by atoms with E-state index in [-0.39, 0.29) is 17.2 Å². The van der Waals surface area contributed by atoms with Crippen LogP contribution in [0.2, 0.25) is 0 Å². The molecule has 0 bridgehead atoms. The Morgan fingerprint density at radius 3 is 2.35 bits per heavy atom. The molecule has 1 unspecified atom stereocenters. The number of fused-ring (bicyclic) bond motifs is 1. The number of halogens is 1. The predicted octanol–water partition coefficient (Wildman–Crippen LogP) is 8.29. The van der Waals surface area contributed by atoms with Gasteiger partial charge in [-0.3, -0.25) is 9.69 Å². The van der Waals surface area contributed by atoms with Crippen LogP contribution in [-0.4, -0.2) is 30.2 Å². The van der Waals surface area contributed by atoms with E-state index in [2.05, 4.69) is 37.9 Å². The summed E-state index contributed by atoms with van der Waals surface area (Å²) in [5.41, 5.74) is 4.18. The molecule has 0 spiro atoms. The van der Waals surface area contributed by atoms with Gasteiger partial charge >= 0.3 is 0 Å². The van der Waals surface area contributed by atoms with E-state index in [4.69, 9.17) is 9.47 Å². The Bertz CT molecular complexity index is 1750. The molecule has 2 heterocycles. The van der Waals surface area contributed by atoms with E-state index in [9.17, 15) is 9.18 Å². The highest BCUT2D eigenvalue weighted by molar-refractivity contribution is 7.22. The molecular weight excluding hydrogens is 559 g/mol. The first kappa shape index (κ1) is 30.7. The zero-order valence-corrected chi connectivity index (χ0v) is 26.3. The summed E-state index contributed by atoms with van der Waals surface area (Å²) in [6.45, 7) is 8.11. The third-order valence-electron chi connectivity index (χ3n) is 7.67. The van der Waals surface area contributed by atoms with Crippen LogP contribution >= 0.6 is 11.3 Å². The van der Waals surface area contributed by atoms with Crippen molar-refractivity contribution in [3.8, 4) is 16.2 Å². The maximum Gasteiger partial charge on any atom is 0.196 e. The number of pyridine rings is 1. The van der Waals surface area contributed by atoms with Gasteiger partial charge in [-0.1, -0.05) is 74.5 Å². The number of rotatable bonds is 12. The van der Waals surface area contributed by atoms with Crippen LogP contribution in [0.1, 0.15) is 49.1 Å². The molecule has 5 aromatic rings. The molecule has 3 aromatic carbocycles. The Morgan fingerprint density at radius 2 is 1.65 bits per heavy atom. The average Bonchev–Trinajstić information content (AvgIpc) is 3.38. The van der Waals surface area contributed by atoms with Crippen molar-refractivity contribution in [3.63, 3.8) is 0 Å². The summed E-state index contributed by atoms with van der Waals surface area (Å²) in [6.07, 6.45) is 1.50. The van der Waals surface area contributed by atoms with E-state index in [1.165, 1.54) is 11.6 Å². The first-order valence-electron chi connectivity index (χ1n) is 14.7. The lowest BCUT2D eigenvalue weighted by atomic mass is 9.97. The van der Waals surface area contributed by atoms with Gasteiger partial charge in [-0.2, -0.15) is 0 Å². The van der Waals surface area contributed by atoms with Crippen molar-refractivity contribution < 1.29 is 13.9 Å². The topological polar surface area (TPSA) is 43.7 Å². The van der Waals surface area contributed by atoms with E-state index >= 15 is 0 Å². The summed E-state index contributed by atoms with van der Waals surface area (Å²) < 4.78 is 29.0. The fourth-order valence-electron chi connectivity index (χ4n) is 5.69. The quantitative estimate of drug-likeness (QED) is 0.145. The Kier molecular flexibility index (Phi) is 9.76. The van der Waals surface area contributed by atoms with Gasteiger partial charge in [0.25, 0.3) is 0 Å². The van der Waals surface area contributed by atoms with Crippen LogP contribution < -0.4 is 10.2 Å². The second-order valence-electron chi connectivity index (χ2n) is 11.2. The molecule has 0 aliphatic heterocycles. The fraction of sp³-hybridized carbons (Fsp3) is 0.306. The molecule has 0 saturated heterocycles. The van der Waals surface area contributed by atoms with Gasteiger partial charge in [0, 0.05) is 47.5 Å². The van der Waals surface area contributed by atoms with Crippen molar-refractivity contribution in [2.45, 2.75) is 46.5 Å². The van der Waals surface area contributed by atoms with Gasteiger partial charge in [0.15, 0.2) is 5.43 Å². The molecule has 0 aliphatic rings. The summed E-state index contributed by atoms with van der Waals surface area (Å²) in [6, 6.07) is 25.0. The maximum absolute atomic E-state index is 15.0. The van der Waals surface area contributed by atoms with Crippen molar-refractivity contribution in [2.24, 2.45) is 5.92 Å². The third kappa shape index (κ3) is 6.59. The number of methoxy groups -OCH3 is 1. The van der Waals surface area contributed by atoms with Crippen LogP contribution in [0, 0.1) is 11.7 Å². The van der Waals surface area contributed by atoms with Crippen LogP contribution in [-0.2, 0) is 24.4 Å².